The number of halogens is 1. The molecule has 2 rings (SSSR count). The summed E-state index contributed by atoms with van der Waals surface area (Å²) in [5.74, 6) is 6.00. The van der Waals surface area contributed by atoms with Gasteiger partial charge >= 0.3 is 0 Å². The molecule has 0 saturated heterocycles. The maximum atomic E-state index is 8.73. The molecule has 0 aliphatic carbocycles. The van der Waals surface area contributed by atoms with Crippen LogP contribution in [-0.2, 0) is 6.54 Å². The third kappa shape index (κ3) is 3.10. The molecule has 0 aromatic heterocycles. The van der Waals surface area contributed by atoms with E-state index in [1.165, 1.54) is 0 Å². The minimum Gasteiger partial charge on any atom is -0.307 e. The highest BCUT2D eigenvalue weighted by Crippen LogP contribution is 2.16. The summed E-state index contributed by atoms with van der Waals surface area (Å²) >= 11 is 3.40. The van der Waals surface area contributed by atoms with E-state index in [9.17, 15) is 0 Å². The molecular formula is C14H12BrN3. The number of anilines is 1. The number of nitrogens with two attached hydrogens (primary N) is 1. The zero-order valence-corrected chi connectivity index (χ0v) is 11.3. The quantitative estimate of drug-likeness (QED) is 0.699. The van der Waals surface area contributed by atoms with E-state index in [0.29, 0.717) is 12.1 Å². The van der Waals surface area contributed by atoms with Gasteiger partial charge in [-0.05, 0) is 42.0 Å². The van der Waals surface area contributed by atoms with E-state index in [1.54, 1.807) is 17.1 Å². The van der Waals surface area contributed by atoms with Crippen LogP contribution >= 0.6 is 15.9 Å². The summed E-state index contributed by atoms with van der Waals surface area (Å²) in [6.45, 7) is 0.624. The molecule has 0 bridgehead atoms. The van der Waals surface area contributed by atoms with Crippen molar-refractivity contribution in [2.75, 3.05) is 5.01 Å². The summed E-state index contributed by atoms with van der Waals surface area (Å²) in [5.41, 5.74) is 2.65. The Labute approximate surface area is 115 Å². The maximum absolute atomic E-state index is 8.73. The van der Waals surface area contributed by atoms with E-state index >= 15 is 0 Å². The SMILES string of the molecule is N#Cc1ccc(N(N)Cc2ccc(Br)cc2)cc1. The van der Waals surface area contributed by atoms with Crippen LogP contribution in [0.25, 0.3) is 0 Å². The minimum atomic E-state index is 0.624. The van der Waals surface area contributed by atoms with Gasteiger partial charge in [-0.15, -0.1) is 0 Å². The molecule has 18 heavy (non-hydrogen) atoms. The van der Waals surface area contributed by atoms with Gasteiger partial charge in [0.25, 0.3) is 0 Å². The van der Waals surface area contributed by atoms with Crippen LogP contribution in [0.3, 0.4) is 0 Å². The number of hydrogen-bond donors (Lipinski definition) is 1. The normalized spacial score (nSPS) is 9.83. The number of nitrogens with zero attached hydrogens (tertiary/aromatic N) is 2. The van der Waals surface area contributed by atoms with Gasteiger partial charge in [-0.1, -0.05) is 28.1 Å². The fourth-order valence-corrected chi connectivity index (χ4v) is 1.87. The van der Waals surface area contributed by atoms with E-state index in [-0.39, 0.29) is 0 Å². The third-order valence-corrected chi connectivity index (χ3v) is 3.12. The molecule has 0 fully saturated rings. The largest absolute Gasteiger partial charge is 0.307 e. The zero-order chi connectivity index (χ0) is 13.0. The van der Waals surface area contributed by atoms with E-state index < -0.39 is 0 Å². The second-order valence-electron chi connectivity index (χ2n) is 3.91. The first-order valence-corrected chi connectivity index (χ1v) is 6.25. The topological polar surface area (TPSA) is 53.0 Å². The summed E-state index contributed by atoms with van der Waals surface area (Å²) in [6, 6.07) is 17.3. The van der Waals surface area contributed by atoms with Gasteiger partial charge in [-0.3, -0.25) is 0 Å². The Bertz CT molecular complexity index is 555. The Hall–Kier alpha value is -1.83. The molecule has 0 amide bonds. The van der Waals surface area contributed by atoms with Gasteiger partial charge in [0.1, 0.15) is 0 Å². The average Bonchev–Trinajstić information content (AvgIpc) is 2.41. The van der Waals surface area contributed by atoms with Crippen molar-refractivity contribution in [1.82, 2.24) is 0 Å². The molecule has 0 unspecified atom stereocenters. The van der Waals surface area contributed by atoms with Gasteiger partial charge in [-0.25, -0.2) is 5.84 Å². The molecule has 0 aliphatic rings. The van der Waals surface area contributed by atoms with Crippen LogP contribution in [0, 0.1) is 11.3 Å². The summed E-state index contributed by atoms with van der Waals surface area (Å²) in [7, 11) is 0. The lowest BCUT2D eigenvalue weighted by Gasteiger charge is -2.18. The summed E-state index contributed by atoms with van der Waals surface area (Å²) in [4.78, 5) is 0. The van der Waals surface area contributed by atoms with Crippen LogP contribution in [0.1, 0.15) is 11.1 Å². The number of hydrogen-bond acceptors (Lipinski definition) is 3. The van der Waals surface area contributed by atoms with Crippen LogP contribution in [-0.4, -0.2) is 0 Å². The number of hydrazine groups is 1. The molecule has 4 heteroatoms. The van der Waals surface area contributed by atoms with Crippen molar-refractivity contribution in [1.29, 1.82) is 5.26 Å². The highest BCUT2D eigenvalue weighted by atomic mass is 79.9. The highest BCUT2D eigenvalue weighted by Gasteiger charge is 2.03. The second-order valence-corrected chi connectivity index (χ2v) is 4.83. The van der Waals surface area contributed by atoms with E-state index in [1.807, 2.05) is 36.4 Å². The van der Waals surface area contributed by atoms with Gasteiger partial charge in [0.15, 0.2) is 0 Å². The first kappa shape index (κ1) is 12.6. The number of nitriles is 1. The molecule has 2 aromatic carbocycles. The second kappa shape index (κ2) is 5.67. The lowest BCUT2D eigenvalue weighted by molar-refractivity contribution is 0.853. The molecule has 0 heterocycles. The molecule has 3 nitrogen and oxygen atoms in total. The predicted molar refractivity (Wildman–Crippen MR) is 75.7 cm³/mol. The number of benzene rings is 2. The molecular weight excluding hydrogens is 290 g/mol. The first-order chi connectivity index (χ1) is 8.69. The van der Waals surface area contributed by atoms with Crippen LogP contribution in [0.5, 0.6) is 0 Å². The first-order valence-electron chi connectivity index (χ1n) is 5.46. The standard InChI is InChI=1S/C14H12BrN3/c15-13-5-1-12(2-6-13)10-18(17)14-7-3-11(9-16)4-8-14/h1-8H,10,17H2. The van der Waals surface area contributed by atoms with Crippen molar-refractivity contribution in [2.24, 2.45) is 5.84 Å². The van der Waals surface area contributed by atoms with Gasteiger partial charge < -0.3 is 5.01 Å². The lowest BCUT2D eigenvalue weighted by Crippen LogP contribution is -2.29. The molecule has 2 aromatic rings. The highest BCUT2D eigenvalue weighted by molar-refractivity contribution is 9.10. The Morgan fingerprint density at radius 2 is 1.67 bits per heavy atom. The van der Waals surface area contributed by atoms with Gasteiger partial charge in [0.05, 0.1) is 23.9 Å². The molecule has 0 saturated carbocycles. The Morgan fingerprint density at radius 1 is 1.06 bits per heavy atom. The van der Waals surface area contributed by atoms with E-state index in [2.05, 4.69) is 22.0 Å². The fourth-order valence-electron chi connectivity index (χ4n) is 1.61. The Balaban J connectivity index is 2.09. The predicted octanol–water partition coefficient (Wildman–Crippen LogP) is 3.20. The molecule has 0 atom stereocenters. The molecule has 0 spiro atoms. The zero-order valence-electron chi connectivity index (χ0n) is 9.68. The van der Waals surface area contributed by atoms with Crippen molar-refractivity contribution >= 4 is 21.6 Å². The van der Waals surface area contributed by atoms with Gasteiger partial charge in [0.2, 0.25) is 0 Å². The lowest BCUT2D eigenvalue weighted by atomic mass is 10.2. The maximum Gasteiger partial charge on any atom is 0.0991 e. The van der Waals surface area contributed by atoms with Crippen molar-refractivity contribution in [3.05, 3.63) is 64.1 Å². The molecule has 0 radical (unpaired) electrons. The summed E-state index contributed by atoms with van der Waals surface area (Å²) in [5, 5.41) is 10.4. The fraction of sp³-hybridized carbons (Fsp3) is 0.0714. The van der Waals surface area contributed by atoms with Crippen molar-refractivity contribution < 1.29 is 0 Å². The monoisotopic (exact) mass is 301 g/mol. The average molecular weight is 302 g/mol. The van der Waals surface area contributed by atoms with Crippen LogP contribution in [0.15, 0.2) is 53.0 Å². The van der Waals surface area contributed by atoms with Crippen LogP contribution in [0.4, 0.5) is 5.69 Å². The van der Waals surface area contributed by atoms with Gasteiger partial charge in [0, 0.05) is 4.47 Å². The van der Waals surface area contributed by atoms with Crippen LogP contribution < -0.4 is 10.9 Å². The smallest absolute Gasteiger partial charge is 0.0991 e. The Morgan fingerprint density at radius 3 is 2.22 bits per heavy atom. The van der Waals surface area contributed by atoms with Gasteiger partial charge in [-0.2, -0.15) is 5.26 Å². The van der Waals surface area contributed by atoms with Crippen LogP contribution in [0.2, 0.25) is 0 Å². The van der Waals surface area contributed by atoms with E-state index in [0.717, 1.165) is 15.7 Å². The molecule has 2 N–H and O–H groups in total. The van der Waals surface area contributed by atoms with Crippen molar-refractivity contribution in [3.63, 3.8) is 0 Å². The Kier molecular flexibility index (Phi) is 3.98. The molecule has 90 valence electrons. The molecule has 0 aliphatic heterocycles. The minimum absolute atomic E-state index is 0.624. The summed E-state index contributed by atoms with van der Waals surface area (Å²) < 4.78 is 1.05. The summed E-state index contributed by atoms with van der Waals surface area (Å²) in [6.07, 6.45) is 0. The van der Waals surface area contributed by atoms with Crippen molar-refractivity contribution in [2.45, 2.75) is 6.54 Å². The van der Waals surface area contributed by atoms with E-state index in [4.69, 9.17) is 11.1 Å². The number of rotatable bonds is 3. The van der Waals surface area contributed by atoms with Crippen molar-refractivity contribution in [3.8, 4) is 6.07 Å². The third-order valence-electron chi connectivity index (χ3n) is 2.59.